The van der Waals surface area contributed by atoms with E-state index < -0.39 is 12.0 Å². The van der Waals surface area contributed by atoms with E-state index in [0.29, 0.717) is 27.2 Å². The third-order valence-electron chi connectivity index (χ3n) is 5.85. The highest BCUT2D eigenvalue weighted by Crippen LogP contribution is 2.32. The van der Waals surface area contributed by atoms with Crippen molar-refractivity contribution in [2.24, 2.45) is 4.99 Å². The van der Waals surface area contributed by atoms with E-state index in [1.807, 2.05) is 68.4 Å². The maximum absolute atomic E-state index is 13.8. The summed E-state index contributed by atoms with van der Waals surface area (Å²) in [6, 6.07) is 11.2. The SMILES string of the molecule is CCOC(=O)C1=C(C)N=c2s/c(=C\c3cc(I)c(OCC)c(I)c3)c(=O)n2[C@@H]1c1ccc(N(C)C)cc1. The van der Waals surface area contributed by atoms with E-state index in [-0.39, 0.29) is 12.2 Å². The van der Waals surface area contributed by atoms with Crippen molar-refractivity contribution in [3.8, 4) is 5.75 Å². The second kappa shape index (κ2) is 11.7. The highest BCUT2D eigenvalue weighted by atomic mass is 127. The molecule has 2 aromatic carbocycles. The Kier molecular flexibility index (Phi) is 8.79. The zero-order valence-electron chi connectivity index (χ0n) is 21.2. The molecule has 1 atom stereocenters. The molecule has 1 aliphatic rings. The van der Waals surface area contributed by atoms with Gasteiger partial charge in [0.25, 0.3) is 5.56 Å². The summed E-state index contributed by atoms with van der Waals surface area (Å²) >= 11 is 5.82. The van der Waals surface area contributed by atoms with Crippen molar-refractivity contribution in [1.82, 2.24) is 4.57 Å². The molecule has 7 nitrogen and oxygen atoms in total. The highest BCUT2D eigenvalue weighted by Gasteiger charge is 2.33. The van der Waals surface area contributed by atoms with Crippen molar-refractivity contribution < 1.29 is 14.3 Å². The van der Waals surface area contributed by atoms with Crippen LogP contribution in [0.4, 0.5) is 5.69 Å². The Labute approximate surface area is 246 Å². The largest absolute Gasteiger partial charge is 0.492 e. The van der Waals surface area contributed by atoms with Crippen LogP contribution < -0.4 is 24.5 Å². The summed E-state index contributed by atoms with van der Waals surface area (Å²) in [6.45, 7) is 6.34. The third-order valence-corrected chi connectivity index (χ3v) is 8.43. The van der Waals surface area contributed by atoms with Gasteiger partial charge in [-0.25, -0.2) is 9.79 Å². The van der Waals surface area contributed by atoms with Crippen LogP contribution in [-0.2, 0) is 9.53 Å². The molecule has 37 heavy (non-hydrogen) atoms. The first kappa shape index (κ1) is 27.8. The number of hydrogen-bond donors (Lipinski definition) is 0. The molecule has 0 fully saturated rings. The number of halogens is 2. The van der Waals surface area contributed by atoms with Crippen LogP contribution in [-0.4, -0.2) is 37.8 Å². The number of carbonyl (C=O) groups is 1. The number of rotatable bonds is 7. The number of esters is 1. The Hall–Kier alpha value is -2.19. The third kappa shape index (κ3) is 5.65. The van der Waals surface area contributed by atoms with Gasteiger partial charge in [-0.1, -0.05) is 23.5 Å². The molecular formula is C27H27I2N3O4S. The van der Waals surface area contributed by atoms with Crippen molar-refractivity contribution in [1.29, 1.82) is 0 Å². The zero-order valence-corrected chi connectivity index (χ0v) is 26.3. The lowest BCUT2D eigenvalue weighted by Gasteiger charge is -2.25. The van der Waals surface area contributed by atoms with E-state index >= 15 is 0 Å². The van der Waals surface area contributed by atoms with E-state index in [2.05, 4.69) is 50.2 Å². The minimum absolute atomic E-state index is 0.196. The van der Waals surface area contributed by atoms with Crippen molar-refractivity contribution in [2.75, 3.05) is 32.2 Å². The predicted octanol–water partition coefficient (Wildman–Crippen LogP) is 4.47. The molecule has 0 saturated heterocycles. The number of fused-ring (bicyclic) bond motifs is 1. The van der Waals surface area contributed by atoms with Crippen LogP contribution in [0, 0.1) is 7.14 Å². The average Bonchev–Trinajstić information content (AvgIpc) is 3.15. The molecule has 0 radical (unpaired) electrons. The molecule has 0 saturated carbocycles. The highest BCUT2D eigenvalue weighted by molar-refractivity contribution is 14.1. The first-order valence-electron chi connectivity index (χ1n) is 11.7. The molecular weight excluding hydrogens is 716 g/mol. The molecule has 2 heterocycles. The molecule has 1 aromatic heterocycles. The fraction of sp³-hybridized carbons (Fsp3) is 0.296. The van der Waals surface area contributed by atoms with Crippen LogP contribution in [0.3, 0.4) is 0 Å². The Morgan fingerprint density at radius 3 is 2.35 bits per heavy atom. The van der Waals surface area contributed by atoms with Crippen LogP contribution >= 0.6 is 56.5 Å². The van der Waals surface area contributed by atoms with Gasteiger partial charge in [0.15, 0.2) is 4.80 Å². The van der Waals surface area contributed by atoms with Gasteiger partial charge in [0, 0.05) is 19.8 Å². The van der Waals surface area contributed by atoms with Crippen LogP contribution in [0.2, 0.25) is 0 Å². The Morgan fingerprint density at radius 1 is 1.14 bits per heavy atom. The van der Waals surface area contributed by atoms with E-state index in [4.69, 9.17) is 9.47 Å². The van der Waals surface area contributed by atoms with Gasteiger partial charge in [-0.3, -0.25) is 9.36 Å². The predicted molar refractivity (Wildman–Crippen MR) is 164 cm³/mol. The van der Waals surface area contributed by atoms with Crippen molar-refractivity contribution in [2.45, 2.75) is 26.8 Å². The topological polar surface area (TPSA) is 73.1 Å². The first-order valence-corrected chi connectivity index (χ1v) is 14.7. The van der Waals surface area contributed by atoms with Crippen molar-refractivity contribution in [3.63, 3.8) is 0 Å². The summed E-state index contributed by atoms with van der Waals surface area (Å²) in [5, 5.41) is 0. The normalized spacial score (nSPS) is 15.3. The van der Waals surface area contributed by atoms with E-state index in [0.717, 1.165) is 29.7 Å². The number of benzene rings is 2. The lowest BCUT2D eigenvalue weighted by Crippen LogP contribution is -2.39. The number of anilines is 1. The summed E-state index contributed by atoms with van der Waals surface area (Å²) in [4.78, 5) is 34.1. The fourth-order valence-corrected chi connectivity index (χ4v) is 7.33. The van der Waals surface area contributed by atoms with Gasteiger partial charge in [-0.05, 0) is 107 Å². The summed E-state index contributed by atoms with van der Waals surface area (Å²) in [5.41, 5.74) is 3.48. The quantitative estimate of drug-likeness (QED) is 0.264. The van der Waals surface area contributed by atoms with Gasteiger partial charge in [-0.15, -0.1) is 0 Å². The number of nitrogens with zero attached hydrogens (tertiary/aromatic N) is 3. The molecule has 3 aromatic rings. The zero-order chi connectivity index (χ0) is 26.9. The van der Waals surface area contributed by atoms with Gasteiger partial charge >= 0.3 is 5.97 Å². The lowest BCUT2D eigenvalue weighted by molar-refractivity contribution is -0.139. The van der Waals surface area contributed by atoms with Gasteiger partial charge in [-0.2, -0.15) is 0 Å². The summed E-state index contributed by atoms with van der Waals surface area (Å²) in [7, 11) is 3.94. The second-order valence-electron chi connectivity index (χ2n) is 8.53. The average molecular weight is 743 g/mol. The van der Waals surface area contributed by atoms with Crippen molar-refractivity contribution in [3.05, 3.63) is 85.6 Å². The monoisotopic (exact) mass is 743 g/mol. The van der Waals surface area contributed by atoms with Gasteiger partial charge < -0.3 is 14.4 Å². The van der Waals surface area contributed by atoms with Crippen LogP contribution in [0.15, 0.2) is 57.5 Å². The second-order valence-corrected chi connectivity index (χ2v) is 11.9. The Morgan fingerprint density at radius 2 is 1.78 bits per heavy atom. The van der Waals surface area contributed by atoms with Gasteiger partial charge in [0.1, 0.15) is 5.75 Å². The Bertz CT molecular complexity index is 1530. The number of allylic oxidation sites excluding steroid dienone is 1. The maximum atomic E-state index is 13.8. The number of carbonyl (C=O) groups excluding carboxylic acids is 1. The fourth-order valence-electron chi connectivity index (χ4n) is 4.16. The number of hydrogen-bond acceptors (Lipinski definition) is 7. The molecule has 194 valence electrons. The number of ether oxygens (including phenoxy) is 2. The summed E-state index contributed by atoms with van der Waals surface area (Å²) < 4.78 is 15.2. The molecule has 10 heteroatoms. The van der Waals surface area contributed by atoms with Crippen LogP contribution in [0.1, 0.15) is 37.9 Å². The standard InChI is InChI=1S/C27H27I2N3O4S/c1-6-35-24-19(28)12-16(13-20(24)29)14-21-25(33)32-23(17-8-10-18(11-9-17)31(4)5)22(26(34)36-7-2)15(3)30-27(32)37-21/h8-14,23H,6-7H2,1-5H3/b21-14-/t23-/m1/s1. The first-order chi connectivity index (χ1) is 17.7. The van der Waals surface area contributed by atoms with E-state index in [1.165, 1.54) is 11.3 Å². The molecule has 0 N–H and O–H groups in total. The smallest absolute Gasteiger partial charge is 0.338 e. The summed E-state index contributed by atoms with van der Waals surface area (Å²) in [6.07, 6.45) is 1.87. The Balaban J connectivity index is 1.91. The number of thiazole rings is 1. The van der Waals surface area contributed by atoms with E-state index in [1.54, 1.807) is 18.4 Å². The summed E-state index contributed by atoms with van der Waals surface area (Å²) in [5.74, 6) is 0.383. The van der Waals surface area contributed by atoms with Crippen LogP contribution in [0.25, 0.3) is 6.08 Å². The molecule has 0 unspecified atom stereocenters. The van der Waals surface area contributed by atoms with Gasteiger partial charge in [0.2, 0.25) is 0 Å². The lowest BCUT2D eigenvalue weighted by atomic mass is 9.95. The number of aromatic nitrogens is 1. The van der Waals surface area contributed by atoms with Crippen molar-refractivity contribution >= 4 is 74.3 Å². The van der Waals surface area contributed by atoms with Crippen LogP contribution in [0.5, 0.6) is 5.75 Å². The minimum Gasteiger partial charge on any atom is -0.492 e. The molecule has 1 aliphatic heterocycles. The molecule has 0 aliphatic carbocycles. The maximum Gasteiger partial charge on any atom is 0.338 e. The van der Waals surface area contributed by atoms with E-state index in [9.17, 15) is 9.59 Å². The molecule has 4 rings (SSSR count). The molecule has 0 spiro atoms. The van der Waals surface area contributed by atoms with Gasteiger partial charge in [0.05, 0.1) is 42.2 Å². The molecule has 0 amide bonds. The minimum atomic E-state index is -0.630. The molecule has 0 bridgehead atoms.